The normalized spacial score (nSPS) is 11.6. The second-order valence-corrected chi connectivity index (χ2v) is 20.5. The Kier molecular flexibility index (Phi) is 9.58. The van der Waals surface area contributed by atoms with Crippen LogP contribution in [0, 0.1) is 26.8 Å². The predicted octanol–water partition coefficient (Wildman–Crippen LogP) is 6.76. The summed E-state index contributed by atoms with van der Waals surface area (Å²) in [6, 6.07) is 14.5. The van der Waals surface area contributed by atoms with Gasteiger partial charge in [-0.05, 0) is 13.8 Å². The average molecular weight is 706 g/mol. The van der Waals surface area contributed by atoms with Crippen LogP contribution in [0.1, 0.15) is 30.5 Å². The second kappa shape index (κ2) is 11.6. The second-order valence-electron chi connectivity index (χ2n) is 9.94. The van der Waals surface area contributed by atoms with Crippen molar-refractivity contribution >= 4 is 45.1 Å². The Labute approximate surface area is 224 Å². The number of aliphatic hydroxyl groups excluding tert-OH is 1. The molecule has 2 heterocycles. The molecule has 0 saturated carbocycles. The summed E-state index contributed by atoms with van der Waals surface area (Å²) in [7, 11) is 0. The Morgan fingerprint density at radius 2 is 1.69 bits per heavy atom. The van der Waals surface area contributed by atoms with E-state index in [4.69, 9.17) is 15.1 Å². The van der Waals surface area contributed by atoms with Crippen molar-refractivity contribution in [3.05, 3.63) is 77.3 Å². The molecule has 0 aliphatic carbocycles. The first-order valence-corrected chi connectivity index (χ1v) is 18.8. The van der Waals surface area contributed by atoms with Gasteiger partial charge in [-0.2, -0.15) is 0 Å². The van der Waals surface area contributed by atoms with Gasteiger partial charge in [0.25, 0.3) is 0 Å². The number of fused-ring (bicyclic) bond motifs is 3. The van der Waals surface area contributed by atoms with Gasteiger partial charge in [0, 0.05) is 26.2 Å². The summed E-state index contributed by atoms with van der Waals surface area (Å²) in [6.45, 7) is 9.20. The monoisotopic (exact) mass is 708 g/mol. The van der Waals surface area contributed by atoms with Gasteiger partial charge in [-0.25, -0.2) is 0 Å². The van der Waals surface area contributed by atoms with Crippen molar-refractivity contribution in [3.8, 4) is 11.3 Å². The molecule has 2 aromatic heterocycles. The van der Waals surface area contributed by atoms with Gasteiger partial charge in [0.15, 0.2) is 5.78 Å². The van der Waals surface area contributed by atoms with E-state index in [1.54, 1.807) is 0 Å². The summed E-state index contributed by atoms with van der Waals surface area (Å²) < 4.78 is 1.46. The fourth-order valence-corrected chi connectivity index (χ4v) is 7.42. The maximum atomic E-state index is 10.0. The molecule has 35 heavy (non-hydrogen) atoms. The number of carbonyl (C=O) groups is 1. The molecule has 1 radical (unpaired) electrons. The van der Waals surface area contributed by atoms with E-state index in [-0.39, 0.29) is 31.6 Å². The molecule has 0 aliphatic rings. The number of nitrogens with zero attached hydrogens (tertiary/aromatic N) is 2. The van der Waals surface area contributed by atoms with E-state index in [1.807, 2.05) is 12.4 Å². The van der Waals surface area contributed by atoms with Gasteiger partial charge in [0.05, 0.1) is 5.76 Å². The number of pyridine rings is 2. The van der Waals surface area contributed by atoms with Crippen molar-refractivity contribution in [2.45, 2.75) is 51.9 Å². The summed E-state index contributed by atoms with van der Waals surface area (Å²) in [5, 5.41) is 12.0. The third-order valence-corrected chi connectivity index (χ3v) is 9.79. The van der Waals surface area contributed by atoms with Crippen molar-refractivity contribution in [3.63, 3.8) is 0 Å². The van der Waals surface area contributed by atoms with E-state index >= 15 is 0 Å². The van der Waals surface area contributed by atoms with Gasteiger partial charge >= 0.3 is 164 Å². The molecule has 185 valence electrons. The van der Waals surface area contributed by atoms with Crippen LogP contribution in [0.4, 0.5) is 0 Å². The van der Waals surface area contributed by atoms with Crippen molar-refractivity contribution in [1.29, 1.82) is 0 Å². The zero-order chi connectivity index (χ0) is 25.2. The summed E-state index contributed by atoms with van der Waals surface area (Å²) in [4.78, 5) is 19.7. The van der Waals surface area contributed by atoms with E-state index < -0.39 is 13.3 Å². The quantitative estimate of drug-likeness (QED) is 0.0842. The van der Waals surface area contributed by atoms with Crippen molar-refractivity contribution in [1.82, 2.24) is 9.97 Å². The number of carbonyl (C=O) groups excluding carboxylic acids is 1. The van der Waals surface area contributed by atoms with Crippen molar-refractivity contribution in [2.75, 3.05) is 0 Å². The van der Waals surface area contributed by atoms with Gasteiger partial charge in [0.1, 0.15) is 0 Å². The van der Waals surface area contributed by atoms with Gasteiger partial charge in [-0.1, -0.05) is 0 Å². The van der Waals surface area contributed by atoms with Gasteiger partial charge < -0.3 is 5.11 Å². The molecule has 0 unspecified atom stereocenters. The summed E-state index contributed by atoms with van der Waals surface area (Å²) >= 11 is -2.01. The minimum Gasteiger partial charge on any atom is 0 e. The number of aryl methyl sites for hydroxylation is 3. The first-order valence-electron chi connectivity index (χ1n) is 11.4. The van der Waals surface area contributed by atoms with Crippen molar-refractivity contribution < 1.29 is 30.0 Å². The Morgan fingerprint density at radius 3 is 2.23 bits per heavy atom. The van der Waals surface area contributed by atoms with Crippen LogP contribution < -0.4 is 4.40 Å². The fourth-order valence-electron chi connectivity index (χ4n) is 4.26. The van der Waals surface area contributed by atoms with Crippen LogP contribution in [0.5, 0.6) is 0 Å². The third-order valence-electron chi connectivity index (χ3n) is 5.56. The summed E-state index contributed by atoms with van der Waals surface area (Å²) in [5.74, 6) is 7.22. The fraction of sp³-hybridized carbons (Fsp3) is 0.276. The van der Waals surface area contributed by atoms with Gasteiger partial charge in [-0.3, -0.25) is 4.79 Å². The maximum absolute atomic E-state index is 10.0. The molecule has 4 rings (SSSR count). The Balaban J connectivity index is 0.000000476. The van der Waals surface area contributed by atoms with Crippen LogP contribution >= 0.6 is 0 Å². The third kappa shape index (κ3) is 6.87. The summed E-state index contributed by atoms with van der Waals surface area (Å²) in [6.07, 6.45) is 5.18. The van der Waals surface area contributed by atoms with Crippen LogP contribution in [0.15, 0.2) is 54.6 Å². The first-order chi connectivity index (χ1) is 15.9. The molecule has 0 aliphatic heterocycles. The molecular weight excluding hydrogens is 673 g/mol. The maximum Gasteiger partial charge on any atom is 0 e. The molecule has 4 nitrogen and oxygen atoms in total. The number of benzene rings is 2. The molecule has 0 spiro atoms. The Morgan fingerprint density at radius 1 is 1.00 bits per heavy atom. The SMILES string of the molecule is CC(=O)/C=C(/C)O.Cc1[c-]c(-c2ncc(C)c3c2cnc2[c]([Ge]([CH3])([CH3])[CH3])cccc23)cc(C)c1.[Ir]. The Bertz CT molecular complexity index is 1400. The van der Waals surface area contributed by atoms with E-state index in [1.165, 1.54) is 51.7 Å². The first kappa shape index (κ1) is 28.9. The topological polar surface area (TPSA) is 63.1 Å². The molecule has 0 bridgehead atoms. The van der Waals surface area contributed by atoms with Crippen LogP contribution in [-0.2, 0) is 24.9 Å². The summed E-state index contributed by atoms with van der Waals surface area (Å²) in [5.41, 5.74) is 6.75. The average Bonchev–Trinajstić information content (AvgIpc) is 2.71. The number of aliphatic hydroxyl groups is 1. The van der Waals surface area contributed by atoms with Crippen LogP contribution in [0.2, 0.25) is 17.3 Å². The largest absolute Gasteiger partial charge is 0 e. The standard InChI is InChI=1S/C24H25GeN2.C5H8O2.Ir/c1-15-10-16(2)12-18(11-15)23-20-14-27-24-19(22(20)17(3)13-26-23)8-7-9-21(24)25(4,5)6;1-4(6)3-5(2)7;/h7-11,13-14H,1-6H3;3,6H,1-2H3;/q-1;;/b;4-3-;. The number of ketones is 1. The Hall–Kier alpha value is -2.34. The number of para-hydroxylation sites is 1. The smallest absolute Gasteiger partial charge is 0 e. The van der Waals surface area contributed by atoms with E-state index in [9.17, 15) is 4.79 Å². The zero-order valence-electron chi connectivity index (χ0n) is 21.7. The number of allylic oxidation sites excluding steroid dienone is 2. The van der Waals surface area contributed by atoms with Gasteiger partial charge in [0.2, 0.25) is 0 Å². The molecule has 1 N–H and O–H groups in total. The molecule has 0 saturated heterocycles. The molecule has 6 heteroatoms. The number of rotatable bonds is 3. The van der Waals surface area contributed by atoms with E-state index in [0.29, 0.717) is 0 Å². The number of hydrogen-bond acceptors (Lipinski definition) is 4. The molecule has 2 aromatic carbocycles. The van der Waals surface area contributed by atoms with Gasteiger partial charge in [-0.15, -0.1) is 0 Å². The minimum atomic E-state index is -2.01. The van der Waals surface area contributed by atoms with Crippen LogP contribution in [-0.4, -0.2) is 34.1 Å². The molecule has 4 aromatic rings. The number of aromatic nitrogens is 2. The number of hydrogen-bond donors (Lipinski definition) is 1. The molecular formula is C29H33GeIrN2O2-. The van der Waals surface area contributed by atoms with E-state index in [0.717, 1.165) is 22.2 Å². The molecule has 0 atom stereocenters. The predicted molar refractivity (Wildman–Crippen MR) is 146 cm³/mol. The molecule has 0 fully saturated rings. The van der Waals surface area contributed by atoms with Crippen LogP contribution in [0.3, 0.4) is 0 Å². The zero-order valence-corrected chi connectivity index (χ0v) is 26.2. The van der Waals surface area contributed by atoms with Crippen molar-refractivity contribution in [2.24, 2.45) is 0 Å². The molecule has 0 amide bonds. The van der Waals surface area contributed by atoms with Crippen LogP contribution in [0.25, 0.3) is 32.9 Å². The minimum absolute atomic E-state index is 0. The van der Waals surface area contributed by atoms with E-state index in [2.05, 4.69) is 74.4 Å².